The topological polar surface area (TPSA) is 53.6 Å². The van der Waals surface area contributed by atoms with Crippen LogP contribution in [0.2, 0.25) is 0 Å². The predicted octanol–water partition coefficient (Wildman–Crippen LogP) is 2.48. The number of halogens is 1. The van der Waals surface area contributed by atoms with Gasteiger partial charge >= 0.3 is 0 Å². The fourth-order valence-electron chi connectivity index (χ4n) is 2.10. The van der Waals surface area contributed by atoms with Crippen LogP contribution in [0.4, 0.5) is 4.39 Å². The number of nitrogens with zero attached hydrogens (tertiary/aromatic N) is 3. The van der Waals surface area contributed by atoms with E-state index in [1.807, 2.05) is 16.8 Å². The number of benzene rings is 1. The zero-order valence-electron chi connectivity index (χ0n) is 12.1. The molecule has 0 unspecified atom stereocenters. The number of rotatable bonds is 7. The van der Waals surface area contributed by atoms with Gasteiger partial charge in [-0.05, 0) is 31.2 Å². The lowest BCUT2D eigenvalue weighted by Gasteiger charge is -2.04. The Hall–Kier alpha value is -2.19. The quantitative estimate of drug-likeness (QED) is 0.796. The van der Waals surface area contributed by atoms with Crippen LogP contribution in [0.25, 0.3) is 0 Å². The minimum absolute atomic E-state index is 0.297. The van der Waals surface area contributed by atoms with Gasteiger partial charge in [0.1, 0.15) is 5.82 Å². The standard InChI is InChI=1S/C16H19FN4/c1-2-6-19-7-5-15-11-21(12-20-15)10-14-8-13(9-18)3-4-16(14)17/h3-4,8,11-12,19H,2,5-7,10H2,1H3. The van der Waals surface area contributed by atoms with Crippen LogP contribution in [0.15, 0.2) is 30.7 Å². The van der Waals surface area contributed by atoms with Crippen molar-refractivity contribution < 1.29 is 4.39 Å². The first-order valence-electron chi connectivity index (χ1n) is 7.13. The van der Waals surface area contributed by atoms with Gasteiger partial charge in [0.15, 0.2) is 0 Å². The number of hydrogen-bond acceptors (Lipinski definition) is 3. The van der Waals surface area contributed by atoms with Crippen molar-refractivity contribution in [1.29, 1.82) is 5.26 Å². The molecule has 21 heavy (non-hydrogen) atoms. The van der Waals surface area contributed by atoms with Crippen LogP contribution >= 0.6 is 0 Å². The highest BCUT2D eigenvalue weighted by Gasteiger charge is 2.06. The van der Waals surface area contributed by atoms with E-state index in [4.69, 9.17) is 5.26 Å². The fourth-order valence-corrected chi connectivity index (χ4v) is 2.10. The summed E-state index contributed by atoms with van der Waals surface area (Å²) >= 11 is 0. The van der Waals surface area contributed by atoms with Gasteiger partial charge in [0, 0.05) is 24.7 Å². The summed E-state index contributed by atoms with van der Waals surface area (Å²) in [5.41, 5.74) is 1.95. The lowest BCUT2D eigenvalue weighted by molar-refractivity contribution is 0.599. The summed E-state index contributed by atoms with van der Waals surface area (Å²) in [5, 5.41) is 12.2. The second-order valence-corrected chi connectivity index (χ2v) is 4.96. The molecule has 0 spiro atoms. The molecule has 0 radical (unpaired) electrons. The van der Waals surface area contributed by atoms with Crippen molar-refractivity contribution in [1.82, 2.24) is 14.9 Å². The third kappa shape index (κ3) is 4.40. The van der Waals surface area contributed by atoms with E-state index in [0.717, 1.165) is 31.6 Å². The molecular weight excluding hydrogens is 267 g/mol. The molecule has 0 atom stereocenters. The Morgan fingerprint density at radius 3 is 3.00 bits per heavy atom. The molecule has 5 heteroatoms. The average Bonchev–Trinajstić information content (AvgIpc) is 2.93. The summed E-state index contributed by atoms with van der Waals surface area (Å²) in [6.45, 7) is 4.42. The highest BCUT2D eigenvalue weighted by Crippen LogP contribution is 2.12. The van der Waals surface area contributed by atoms with Crippen molar-refractivity contribution in [3.63, 3.8) is 0 Å². The predicted molar refractivity (Wildman–Crippen MR) is 79.3 cm³/mol. The van der Waals surface area contributed by atoms with Crippen LogP contribution in [0.1, 0.15) is 30.2 Å². The summed E-state index contributed by atoms with van der Waals surface area (Å²) in [4.78, 5) is 4.32. The van der Waals surface area contributed by atoms with Gasteiger partial charge in [-0.3, -0.25) is 0 Å². The van der Waals surface area contributed by atoms with Gasteiger partial charge < -0.3 is 9.88 Å². The lowest BCUT2D eigenvalue weighted by Crippen LogP contribution is -2.17. The van der Waals surface area contributed by atoms with E-state index in [0.29, 0.717) is 17.7 Å². The third-order valence-corrected chi connectivity index (χ3v) is 3.20. The molecule has 0 saturated carbocycles. The van der Waals surface area contributed by atoms with Crippen molar-refractivity contribution in [2.75, 3.05) is 13.1 Å². The summed E-state index contributed by atoms with van der Waals surface area (Å²) in [6.07, 6.45) is 5.59. The molecule has 0 aliphatic rings. The maximum atomic E-state index is 13.7. The maximum absolute atomic E-state index is 13.7. The second kappa shape index (κ2) is 7.55. The van der Waals surface area contributed by atoms with Crippen molar-refractivity contribution in [2.24, 2.45) is 0 Å². The minimum Gasteiger partial charge on any atom is -0.333 e. The molecule has 4 nitrogen and oxygen atoms in total. The normalized spacial score (nSPS) is 10.5. The summed E-state index contributed by atoms with van der Waals surface area (Å²) in [7, 11) is 0. The average molecular weight is 286 g/mol. The van der Waals surface area contributed by atoms with Crippen molar-refractivity contribution in [2.45, 2.75) is 26.3 Å². The molecule has 0 bridgehead atoms. The van der Waals surface area contributed by atoms with E-state index < -0.39 is 0 Å². The molecule has 1 N–H and O–H groups in total. The molecule has 2 aromatic rings. The lowest BCUT2D eigenvalue weighted by atomic mass is 10.1. The minimum atomic E-state index is -0.297. The van der Waals surface area contributed by atoms with Gasteiger partial charge in [-0.15, -0.1) is 0 Å². The van der Waals surface area contributed by atoms with E-state index in [9.17, 15) is 4.39 Å². The summed E-state index contributed by atoms with van der Waals surface area (Å²) in [5.74, 6) is -0.297. The van der Waals surface area contributed by atoms with Crippen molar-refractivity contribution in [3.8, 4) is 6.07 Å². The molecule has 2 rings (SSSR count). The van der Waals surface area contributed by atoms with Crippen LogP contribution in [0.3, 0.4) is 0 Å². The van der Waals surface area contributed by atoms with Gasteiger partial charge in [0.05, 0.1) is 30.2 Å². The Balaban J connectivity index is 1.98. The molecule has 110 valence electrons. The highest BCUT2D eigenvalue weighted by atomic mass is 19.1. The summed E-state index contributed by atoms with van der Waals surface area (Å²) in [6, 6.07) is 6.42. The Bertz CT molecular complexity index is 627. The van der Waals surface area contributed by atoms with Crippen LogP contribution in [-0.4, -0.2) is 22.6 Å². The van der Waals surface area contributed by atoms with Crippen LogP contribution in [-0.2, 0) is 13.0 Å². The highest BCUT2D eigenvalue weighted by molar-refractivity contribution is 5.33. The van der Waals surface area contributed by atoms with E-state index in [1.165, 1.54) is 12.1 Å². The maximum Gasteiger partial charge on any atom is 0.128 e. The van der Waals surface area contributed by atoms with Gasteiger partial charge in [-0.25, -0.2) is 9.37 Å². The SMILES string of the molecule is CCCNCCc1cn(Cc2cc(C#N)ccc2F)cn1. The Kier molecular flexibility index (Phi) is 5.47. The monoisotopic (exact) mass is 286 g/mol. The van der Waals surface area contributed by atoms with Gasteiger partial charge in [-0.1, -0.05) is 6.92 Å². The molecule has 0 amide bonds. The Morgan fingerprint density at radius 1 is 1.38 bits per heavy atom. The molecular formula is C16H19FN4. The molecule has 1 aromatic carbocycles. The van der Waals surface area contributed by atoms with E-state index in [2.05, 4.69) is 17.2 Å². The van der Waals surface area contributed by atoms with Crippen molar-refractivity contribution >= 4 is 0 Å². The smallest absolute Gasteiger partial charge is 0.128 e. The third-order valence-electron chi connectivity index (χ3n) is 3.20. The number of imidazole rings is 1. The fraction of sp³-hybridized carbons (Fsp3) is 0.375. The zero-order chi connectivity index (χ0) is 15.1. The number of hydrogen-bond donors (Lipinski definition) is 1. The van der Waals surface area contributed by atoms with Crippen molar-refractivity contribution in [3.05, 3.63) is 53.4 Å². The second-order valence-electron chi connectivity index (χ2n) is 4.96. The van der Waals surface area contributed by atoms with E-state index >= 15 is 0 Å². The zero-order valence-corrected chi connectivity index (χ0v) is 12.1. The first-order valence-corrected chi connectivity index (χ1v) is 7.13. The van der Waals surface area contributed by atoms with Gasteiger partial charge in [0.2, 0.25) is 0 Å². The molecule has 0 aliphatic carbocycles. The molecule has 0 fully saturated rings. The first-order chi connectivity index (χ1) is 10.2. The number of aromatic nitrogens is 2. The Morgan fingerprint density at radius 2 is 2.24 bits per heavy atom. The van der Waals surface area contributed by atoms with Gasteiger partial charge in [-0.2, -0.15) is 5.26 Å². The van der Waals surface area contributed by atoms with Crippen LogP contribution in [0.5, 0.6) is 0 Å². The molecule has 0 saturated heterocycles. The molecule has 1 aromatic heterocycles. The Labute approximate surface area is 124 Å². The number of nitrogens with one attached hydrogen (secondary N) is 1. The van der Waals surface area contributed by atoms with Crippen LogP contribution in [0, 0.1) is 17.1 Å². The van der Waals surface area contributed by atoms with Crippen LogP contribution < -0.4 is 5.32 Å². The molecule has 0 aliphatic heterocycles. The van der Waals surface area contributed by atoms with Gasteiger partial charge in [0.25, 0.3) is 0 Å². The summed E-state index contributed by atoms with van der Waals surface area (Å²) < 4.78 is 15.6. The van der Waals surface area contributed by atoms with E-state index in [-0.39, 0.29) is 5.82 Å². The molecule has 1 heterocycles. The number of nitriles is 1. The van der Waals surface area contributed by atoms with E-state index in [1.54, 1.807) is 12.4 Å². The largest absolute Gasteiger partial charge is 0.333 e. The first kappa shape index (κ1) is 15.2.